The number of benzene rings is 1. The molecular formula is C15H12N2O4. The quantitative estimate of drug-likeness (QED) is 0.628. The fourth-order valence-electron chi connectivity index (χ4n) is 2.30. The van der Waals surface area contributed by atoms with Gasteiger partial charge in [0.1, 0.15) is 0 Å². The molecule has 0 bridgehead atoms. The fraction of sp³-hybridized carbons (Fsp3) is 0.200. The Morgan fingerprint density at radius 2 is 2.10 bits per heavy atom. The highest BCUT2D eigenvalue weighted by atomic mass is 16.6. The van der Waals surface area contributed by atoms with Crippen LogP contribution in [0.2, 0.25) is 0 Å². The number of ketones is 1. The van der Waals surface area contributed by atoms with Crippen molar-refractivity contribution in [1.82, 2.24) is 0 Å². The Bertz CT molecular complexity index is 686. The Hall–Kier alpha value is -2.76. The molecule has 2 aliphatic rings. The van der Waals surface area contributed by atoms with Crippen molar-refractivity contribution < 1.29 is 14.6 Å². The third-order valence-corrected chi connectivity index (χ3v) is 3.46. The number of carbonyl (C=O) groups excluding carboxylic acids is 1. The Morgan fingerprint density at radius 1 is 1.33 bits per heavy atom. The van der Waals surface area contributed by atoms with Crippen LogP contribution >= 0.6 is 0 Å². The molecule has 1 aromatic carbocycles. The van der Waals surface area contributed by atoms with Crippen molar-refractivity contribution in [2.24, 2.45) is 5.16 Å². The number of rotatable bonds is 4. The first-order chi connectivity index (χ1) is 10.1. The second-order valence-electron chi connectivity index (χ2n) is 4.83. The normalized spacial score (nSPS) is 19.9. The molecule has 1 unspecified atom stereocenters. The largest absolute Gasteiger partial charge is 0.383 e. The van der Waals surface area contributed by atoms with E-state index in [9.17, 15) is 14.9 Å². The minimum absolute atomic E-state index is 0.0214. The predicted molar refractivity (Wildman–Crippen MR) is 76.0 cm³/mol. The summed E-state index contributed by atoms with van der Waals surface area (Å²) in [6.07, 6.45) is 5.97. The number of oxime groups is 1. The van der Waals surface area contributed by atoms with Gasteiger partial charge in [-0.05, 0) is 24.1 Å². The van der Waals surface area contributed by atoms with Gasteiger partial charge in [-0.25, -0.2) is 0 Å². The molecule has 106 valence electrons. The number of nitro groups is 1. The van der Waals surface area contributed by atoms with E-state index in [0.29, 0.717) is 18.6 Å². The van der Waals surface area contributed by atoms with Crippen LogP contribution in [0.3, 0.4) is 0 Å². The summed E-state index contributed by atoms with van der Waals surface area (Å²) in [5.74, 6) is -0.0549. The van der Waals surface area contributed by atoms with E-state index in [2.05, 4.69) is 5.16 Å². The number of allylic oxidation sites excluding steroid dienone is 3. The maximum atomic E-state index is 12.2. The van der Waals surface area contributed by atoms with E-state index in [0.717, 1.165) is 11.1 Å². The average molecular weight is 284 g/mol. The van der Waals surface area contributed by atoms with Gasteiger partial charge >= 0.3 is 0 Å². The number of hydrogen-bond donors (Lipinski definition) is 0. The van der Waals surface area contributed by atoms with Crippen LogP contribution in [0, 0.1) is 10.1 Å². The number of nitro benzene ring substituents is 1. The van der Waals surface area contributed by atoms with Crippen molar-refractivity contribution in [3.63, 3.8) is 0 Å². The molecule has 0 amide bonds. The lowest BCUT2D eigenvalue weighted by molar-refractivity contribution is -0.384. The number of carbonyl (C=O) groups is 1. The zero-order valence-corrected chi connectivity index (χ0v) is 11.1. The van der Waals surface area contributed by atoms with Gasteiger partial charge < -0.3 is 4.84 Å². The molecule has 0 spiro atoms. The highest BCUT2D eigenvalue weighted by Gasteiger charge is 2.30. The van der Waals surface area contributed by atoms with Crippen LogP contribution in [-0.2, 0) is 9.63 Å². The first-order valence-corrected chi connectivity index (χ1v) is 6.52. The molecule has 6 nitrogen and oxygen atoms in total. The molecule has 1 aliphatic heterocycles. The number of nitrogens with zero attached hydrogens (tertiary/aromatic N) is 2. The molecule has 1 aliphatic carbocycles. The summed E-state index contributed by atoms with van der Waals surface area (Å²) in [4.78, 5) is 27.5. The first kappa shape index (κ1) is 13.2. The van der Waals surface area contributed by atoms with E-state index in [-0.39, 0.29) is 11.5 Å². The van der Waals surface area contributed by atoms with E-state index >= 15 is 0 Å². The van der Waals surface area contributed by atoms with Gasteiger partial charge in [0, 0.05) is 24.1 Å². The number of non-ortho nitro benzene ring substituents is 1. The predicted octanol–water partition coefficient (Wildman–Crippen LogP) is 2.54. The van der Waals surface area contributed by atoms with Crippen molar-refractivity contribution in [3.05, 3.63) is 63.7 Å². The van der Waals surface area contributed by atoms with Crippen molar-refractivity contribution in [1.29, 1.82) is 0 Å². The van der Waals surface area contributed by atoms with Crippen LogP contribution in [0.1, 0.15) is 18.4 Å². The number of hydrogen-bond acceptors (Lipinski definition) is 5. The summed E-state index contributed by atoms with van der Waals surface area (Å²) in [6, 6.07) is 6.06. The maximum absolute atomic E-state index is 12.2. The zero-order valence-electron chi connectivity index (χ0n) is 11.1. The van der Waals surface area contributed by atoms with Gasteiger partial charge in [-0.3, -0.25) is 14.9 Å². The van der Waals surface area contributed by atoms with Gasteiger partial charge in [-0.1, -0.05) is 23.4 Å². The second kappa shape index (κ2) is 5.32. The molecule has 3 rings (SSSR count). The summed E-state index contributed by atoms with van der Waals surface area (Å²) in [6.45, 7) is 0. The summed E-state index contributed by atoms with van der Waals surface area (Å²) in [5.41, 5.74) is 2.11. The molecule has 1 heterocycles. The molecule has 0 radical (unpaired) electrons. The van der Waals surface area contributed by atoms with Crippen LogP contribution in [0.5, 0.6) is 0 Å². The highest BCUT2D eigenvalue weighted by molar-refractivity contribution is 6.08. The lowest BCUT2D eigenvalue weighted by Gasteiger charge is -2.07. The zero-order chi connectivity index (χ0) is 14.8. The van der Waals surface area contributed by atoms with E-state index in [4.69, 9.17) is 4.84 Å². The Morgan fingerprint density at radius 3 is 2.71 bits per heavy atom. The Kier molecular flexibility index (Phi) is 3.35. The van der Waals surface area contributed by atoms with Crippen LogP contribution in [-0.4, -0.2) is 22.5 Å². The SMILES string of the molecule is O=C(C1=CC=CC1)C1CC(c2ccc([N+](=O)[O-])cc2)=NO1. The van der Waals surface area contributed by atoms with Crippen molar-refractivity contribution in [2.45, 2.75) is 18.9 Å². The third-order valence-electron chi connectivity index (χ3n) is 3.46. The fourth-order valence-corrected chi connectivity index (χ4v) is 2.30. The van der Waals surface area contributed by atoms with Crippen LogP contribution < -0.4 is 0 Å². The van der Waals surface area contributed by atoms with Gasteiger partial charge in [-0.15, -0.1) is 0 Å². The topological polar surface area (TPSA) is 81.8 Å². The minimum atomic E-state index is -0.596. The van der Waals surface area contributed by atoms with Crippen molar-refractivity contribution in [3.8, 4) is 0 Å². The van der Waals surface area contributed by atoms with Crippen LogP contribution in [0.4, 0.5) is 5.69 Å². The van der Waals surface area contributed by atoms with Gasteiger partial charge in [0.15, 0.2) is 6.10 Å². The molecule has 0 fully saturated rings. The van der Waals surface area contributed by atoms with E-state index < -0.39 is 11.0 Å². The molecule has 1 atom stereocenters. The lowest BCUT2D eigenvalue weighted by atomic mass is 9.98. The summed E-state index contributed by atoms with van der Waals surface area (Å²) >= 11 is 0. The van der Waals surface area contributed by atoms with E-state index in [1.807, 2.05) is 12.2 Å². The monoisotopic (exact) mass is 284 g/mol. The van der Waals surface area contributed by atoms with Crippen molar-refractivity contribution >= 4 is 17.2 Å². The summed E-state index contributed by atoms with van der Waals surface area (Å²) in [5, 5.41) is 14.5. The molecule has 0 saturated heterocycles. The van der Waals surface area contributed by atoms with Gasteiger partial charge in [0.25, 0.3) is 5.69 Å². The molecule has 0 aromatic heterocycles. The number of Topliss-reactive ketones (excluding diaryl/α,β-unsaturated/α-hetero) is 1. The Balaban J connectivity index is 1.69. The van der Waals surface area contributed by atoms with E-state index in [1.54, 1.807) is 18.2 Å². The Labute approximate surface area is 120 Å². The van der Waals surface area contributed by atoms with Crippen molar-refractivity contribution in [2.75, 3.05) is 0 Å². The third kappa shape index (κ3) is 2.60. The smallest absolute Gasteiger partial charge is 0.269 e. The van der Waals surface area contributed by atoms with Gasteiger partial charge in [0.2, 0.25) is 5.78 Å². The van der Waals surface area contributed by atoms with Crippen LogP contribution in [0.25, 0.3) is 0 Å². The molecular weight excluding hydrogens is 272 g/mol. The average Bonchev–Trinajstić information content (AvgIpc) is 3.18. The highest BCUT2D eigenvalue weighted by Crippen LogP contribution is 2.23. The molecule has 21 heavy (non-hydrogen) atoms. The lowest BCUT2D eigenvalue weighted by Crippen LogP contribution is -2.22. The molecule has 0 saturated carbocycles. The first-order valence-electron chi connectivity index (χ1n) is 6.52. The molecule has 0 N–H and O–H groups in total. The summed E-state index contributed by atoms with van der Waals surface area (Å²) < 4.78 is 0. The van der Waals surface area contributed by atoms with Gasteiger partial charge in [0.05, 0.1) is 10.6 Å². The minimum Gasteiger partial charge on any atom is -0.383 e. The molecule has 1 aromatic rings. The van der Waals surface area contributed by atoms with Crippen LogP contribution in [0.15, 0.2) is 53.2 Å². The maximum Gasteiger partial charge on any atom is 0.269 e. The second-order valence-corrected chi connectivity index (χ2v) is 4.83. The molecule has 6 heteroatoms. The summed E-state index contributed by atoms with van der Waals surface area (Å²) in [7, 11) is 0. The van der Waals surface area contributed by atoms with Gasteiger partial charge in [-0.2, -0.15) is 0 Å². The standard InChI is InChI=1S/C15H12N2O4/c18-15(11-3-1-2-4-11)14-9-13(16-21-14)10-5-7-12(8-6-10)17(19)20/h1-3,5-8,14H,4,9H2. The van der Waals surface area contributed by atoms with E-state index in [1.165, 1.54) is 12.1 Å².